The lowest BCUT2D eigenvalue weighted by Gasteiger charge is -2.09. The van der Waals surface area contributed by atoms with Gasteiger partial charge in [-0.2, -0.15) is 5.10 Å². The quantitative estimate of drug-likeness (QED) is 0.684. The molecule has 29 heavy (non-hydrogen) atoms. The molecular weight excluding hydrogens is 404 g/mol. The number of nitrogens with one attached hydrogen (secondary N) is 1. The van der Waals surface area contributed by atoms with Crippen LogP contribution in [0.3, 0.4) is 0 Å². The second kappa shape index (κ2) is 7.92. The minimum absolute atomic E-state index is 0.0212. The van der Waals surface area contributed by atoms with E-state index in [1.807, 2.05) is 0 Å². The summed E-state index contributed by atoms with van der Waals surface area (Å²) in [5.41, 5.74) is -0.280. The Bertz CT molecular complexity index is 1240. The molecule has 3 rings (SSSR count). The highest BCUT2D eigenvalue weighted by Crippen LogP contribution is 2.18. The first kappa shape index (κ1) is 20.3. The van der Waals surface area contributed by atoms with Crippen molar-refractivity contribution in [3.8, 4) is 0 Å². The number of anilines is 1. The monoisotopic (exact) mass is 419 g/mol. The number of hydrogen-bond acceptors (Lipinski definition) is 5. The van der Waals surface area contributed by atoms with Crippen LogP contribution in [0.4, 0.5) is 14.5 Å². The number of sulfone groups is 1. The molecule has 0 atom stereocenters. The van der Waals surface area contributed by atoms with Crippen LogP contribution in [0.25, 0.3) is 0 Å². The largest absolute Gasteiger partial charge is 0.322 e. The Balaban J connectivity index is 1.87. The summed E-state index contributed by atoms with van der Waals surface area (Å²) in [6, 6.07) is 10.5. The molecule has 1 aromatic heterocycles. The van der Waals surface area contributed by atoms with Crippen LogP contribution in [-0.4, -0.2) is 24.1 Å². The SMILES string of the molecule is Cc1ccc(S(=O)(=O)c2ccc(=O)n(CC(=O)Nc3cc(F)ccc3F)n2)cc1. The summed E-state index contributed by atoms with van der Waals surface area (Å²) in [6.07, 6.45) is 0. The molecule has 0 fully saturated rings. The van der Waals surface area contributed by atoms with Crippen LogP contribution in [0.2, 0.25) is 0 Å². The third kappa shape index (κ3) is 4.54. The van der Waals surface area contributed by atoms with Crippen molar-refractivity contribution in [1.82, 2.24) is 9.78 Å². The Morgan fingerprint density at radius 1 is 1.07 bits per heavy atom. The molecule has 0 radical (unpaired) electrons. The normalized spacial score (nSPS) is 11.3. The highest BCUT2D eigenvalue weighted by molar-refractivity contribution is 7.91. The van der Waals surface area contributed by atoms with E-state index in [1.54, 1.807) is 19.1 Å². The van der Waals surface area contributed by atoms with Gasteiger partial charge in [0, 0.05) is 12.1 Å². The number of carbonyl (C=O) groups is 1. The van der Waals surface area contributed by atoms with Crippen molar-refractivity contribution in [2.45, 2.75) is 23.4 Å². The van der Waals surface area contributed by atoms with E-state index in [0.717, 1.165) is 35.9 Å². The van der Waals surface area contributed by atoms with Gasteiger partial charge in [0.25, 0.3) is 5.56 Å². The molecule has 3 aromatic rings. The maximum absolute atomic E-state index is 13.6. The van der Waals surface area contributed by atoms with E-state index >= 15 is 0 Å². The molecule has 10 heteroatoms. The van der Waals surface area contributed by atoms with Crippen molar-refractivity contribution in [1.29, 1.82) is 0 Å². The number of aromatic nitrogens is 2. The van der Waals surface area contributed by atoms with Crippen molar-refractivity contribution in [3.05, 3.63) is 82.1 Å². The van der Waals surface area contributed by atoms with Crippen LogP contribution < -0.4 is 10.9 Å². The molecular formula is C19H15F2N3O4S. The summed E-state index contributed by atoms with van der Waals surface area (Å²) >= 11 is 0. The second-order valence-corrected chi connectivity index (χ2v) is 8.05. The molecule has 150 valence electrons. The zero-order valence-corrected chi connectivity index (χ0v) is 15.9. The van der Waals surface area contributed by atoms with Crippen molar-refractivity contribution in [3.63, 3.8) is 0 Å². The number of benzene rings is 2. The van der Waals surface area contributed by atoms with E-state index in [-0.39, 0.29) is 4.90 Å². The van der Waals surface area contributed by atoms with Gasteiger partial charge in [-0.05, 0) is 37.3 Å². The smallest absolute Gasteiger partial charge is 0.267 e. The fourth-order valence-corrected chi connectivity index (χ4v) is 3.63. The lowest BCUT2D eigenvalue weighted by Crippen LogP contribution is -2.30. The van der Waals surface area contributed by atoms with Crippen LogP contribution in [0.1, 0.15) is 5.56 Å². The first-order valence-electron chi connectivity index (χ1n) is 8.31. The second-order valence-electron chi connectivity index (χ2n) is 6.16. The summed E-state index contributed by atoms with van der Waals surface area (Å²) in [4.78, 5) is 24.1. The summed E-state index contributed by atoms with van der Waals surface area (Å²) in [7, 11) is -4.01. The van der Waals surface area contributed by atoms with E-state index in [1.165, 1.54) is 12.1 Å². The van der Waals surface area contributed by atoms with Crippen molar-refractivity contribution >= 4 is 21.4 Å². The van der Waals surface area contributed by atoms with Gasteiger partial charge in [0.05, 0.1) is 10.6 Å². The average molecular weight is 419 g/mol. The minimum Gasteiger partial charge on any atom is -0.322 e. The maximum atomic E-state index is 13.6. The van der Waals surface area contributed by atoms with Gasteiger partial charge < -0.3 is 5.32 Å². The maximum Gasteiger partial charge on any atom is 0.267 e. The summed E-state index contributed by atoms with van der Waals surface area (Å²) in [5.74, 6) is -2.51. The summed E-state index contributed by atoms with van der Waals surface area (Å²) < 4.78 is 52.9. The Hall–Kier alpha value is -3.40. The van der Waals surface area contributed by atoms with Gasteiger partial charge in [0.1, 0.15) is 18.2 Å². The number of nitrogens with zero attached hydrogens (tertiary/aromatic N) is 2. The van der Waals surface area contributed by atoms with E-state index in [4.69, 9.17) is 0 Å². The number of amides is 1. The lowest BCUT2D eigenvalue weighted by molar-refractivity contribution is -0.117. The summed E-state index contributed by atoms with van der Waals surface area (Å²) in [5, 5.41) is 5.45. The molecule has 0 saturated carbocycles. The third-order valence-electron chi connectivity index (χ3n) is 3.94. The fourth-order valence-electron chi connectivity index (χ4n) is 2.44. The Kier molecular flexibility index (Phi) is 5.55. The summed E-state index contributed by atoms with van der Waals surface area (Å²) in [6.45, 7) is 1.11. The topological polar surface area (TPSA) is 98.1 Å². The molecule has 0 unspecified atom stereocenters. The number of aryl methyl sites for hydroxylation is 1. The Morgan fingerprint density at radius 3 is 2.45 bits per heavy atom. The van der Waals surface area contributed by atoms with E-state index in [2.05, 4.69) is 10.4 Å². The van der Waals surface area contributed by atoms with E-state index < -0.39 is 50.2 Å². The van der Waals surface area contributed by atoms with Crippen LogP contribution in [-0.2, 0) is 21.2 Å². The number of hydrogen-bond donors (Lipinski definition) is 1. The highest BCUT2D eigenvalue weighted by atomic mass is 32.2. The van der Waals surface area contributed by atoms with Crippen LogP contribution in [0, 0.1) is 18.6 Å². The first-order chi connectivity index (χ1) is 13.7. The number of rotatable bonds is 5. The van der Waals surface area contributed by atoms with Crippen molar-refractivity contribution < 1.29 is 22.0 Å². The molecule has 0 spiro atoms. The zero-order valence-electron chi connectivity index (χ0n) is 15.1. The molecule has 0 aliphatic heterocycles. The molecule has 0 aliphatic rings. The molecule has 1 N–H and O–H groups in total. The average Bonchev–Trinajstić information content (AvgIpc) is 2.66. The standard InChI is InChI=1S/C19H15F2N3O4S/c1-12-2-5-14(6-3-12)29(27,28)18-8-9-19(26)24(23-18)11-17(25)22-16-10-13(20)4-7-15(16)21/h2-10H,11H2,1H3,(H,22,25). The van der Waals surface area contributed by atoms with E-state index in [9.17, 15) is 26.8 Å². The molecule has 0 bridgehead atoms. The van der Waals surface area contributed by atoms with Crippen molar-refractivity contribution in [2.75, 3.05) is 5.32 Å². The molecule has 2 aromatic carbocycles. The number of halogens is 2. The van der Waals surface area contributed by atoms with Crippen LogP contribution >= 0.6 is 0 Å². The highest BCUT2D eigenvalue weighted by Gasteiger charge is 2.21. The Morgan fingerprint density at radius 2 is 1.76 bits per heavy atom. The fraction of sp³-hybridized carbons (Fsp3) is 0.105. The Labute approximate surface area is 164 Å². The molecule has 7 nitrogen and oxygen atoms in total. The van der Waals surface area contributed by atoms with Gasteiger partial charge in [-0.3, -0.25) is 9.59 Å². The van der Waals surface area contributed by atoms with Crippen LogP contribution in [0.15, 0.2) is 69.3 Å². The van der Waals surface area contributed by atoms with Gasteiger partial charge in [-0.25, -0.2) is 21.9 Å². The van der Waals surface area contributed by atoms with E-state index in [0.29, 0.717) is 4.68 Å². The minimum atomic E-state index is -4.01. The molecule has 0 saturated heterocycles. The van der Waals surface area contributed by atoms with Gasteiger partial charge in [-0.15, -0.1) is 0 Å². The van der Waals surface area contributed by atoms with Gasteiger partial charge >= 0.3 is 0 Å². The molecule has 0 aliphatic carbocycles. The predicted octanol–water partition coefficient (Wildman–Crippen LogP) is 2.30. The van der Waals surface area contributed by atoms with Gasteiger partial charge in [0.2, 0.25) is 15.7 Å². The number of carbonyl (C=O) groups excluding carboxylic acids is 1. The zero-order chi connectivity index (χ0) is 21.2. The first-order valence-corrected chi connectivity index (χ1v) is 9.80. The van der Waals surface area contributed by atoms with Crippen LogP contribution in [0.5, 0.6) is 0 Å². The third-order valence-corrected chi connectivity index (χ3v) is 5.61. The van der Waals surface area contributed by atoms with Gasteiger partial charge in [0.15, 0.2) is 5.03 Å². The molecule has 1 amide bonds. The van der Waals surface area contributed by atoms with Gasteiger partial charge in [-0.1, -0.05) is 17.7 Å². The lowest BCUT2D eigenvalue weighted by atomic mass is 10.2. The predicted molar refractivity (Wildman–Crippen MR) is 100 cm³/mol. The van der Waals surface area contributed by atoms with Crippen molar-refractivity contribution in [2.24, 2.45) is 0 Å². The molecule has 1 heterocycles.